The highest BCUT2D eigenvalue weighted by molar-refractivity contribution is 5.85. The molecule has 2 heterocycles. The summed E-state index contributed by atoms with van der Waals surface area (Å²) in [4.78, 5) is 11.6. The Morgan fingerprint density at radius 3 is 2.55 bits per heavy atom. The maximum atomic E-state index is 4.76. The highest BCUT2D eigenvalue weighted by Gasteiger charge is 2.23. The van der Waals surface area contributed by atoms with Gasteiger partial charge in [-0.1, -0.05) is 12.1 Å². The van der Waals surface area contributed by atoms with Gasteiger partial charge in [-0.25, -0.2) is 9.97 Å². The molecule has 2 aromatic rings. The smallest absolute Gasteiger partial charge is 0.172 e. The van der Waals surface area contributed by atoms with Gasteiger partial charge in [0.25, 0.3) is 0 Å². The Hall–Kier alpha value is -1.59. The van der Waals surface area contributed by atoms with Crippen molar-refractivity contribution in [3.8, 4) is 0 Å². The number of nitrogens with zero attached hydrogens (tertiary/aromatic N) is 3. The second-order valence-electron chi connectivity index (χ2n) is 4.89. The Labute approximate surface area is 125 Å². The third kappa shape index (κ3) is 2.64. The lowest BCUT2D eigenvalue weighted by atomic mass is 10.2. The number of anilines is 2. The minimum atomic E-state index is 0. The number of para-hydroxylation sites is 2. The highest BCUT2D eigenvalue weighted by Crippen LogP contribution is 2.26. The molecule has 0 aliphatic carbocycles. The minimum absolute atomic E-state index is 0. The van der Waals surface area contributed by atoms with Crippen molar-refractivity contribution in [2.75, 3.05) is 37.4 Å². The molecule has 0 bridgehead atoms. The maximum Gasteiger partial charge on any atom is 0.172 e. The molecule has 6 heteroatoms. The molecule has 1 saturated heterocycles. The number of hydrogen-bond donors (Lipinski definition) is 2. The number of hydrogen-bond acceptors (Lipinski definition) is 5. The second kappa shape index (κ2) is 6.24. The van der Waals surface area contributed by atoms with Crippen molar-refractivity contribution in [2.45, 2.75) is 12.5 Å². The zero-order valence-corrected chi connectivity index (χ0v) is 12.6. The normalized spacial score (nSPS) is 17.8. The Morgan fingerprint density at radius 2 is 1.95 bits per heavy atom. The molecule has 1 unspecified atom stereocenters. The molecule has 2 N–H and O–H groups in total. The SMILES string of the molecule is CNc1nc2ccccc2nc1N(C)C1CCNC1.Cl. The zero-order chi connectivity index (χ0) is 13.2. The van der Waals surface area contributed by atoms with E-state index in [1.807, 2.05) is 31.3 Å². The van der Waals surface area contributed by atoms with Crippen molar-refractivity contribution in [2.24, 2.45) is 0 Å². The number of rotatable bonds is 3. The molecular weight excluding hydrogens is 274 g/mol. The predicted molar refractivity (Wildman–Crippen MR) is 86.0 cm³/mol. The van der Waals surface area contributed by atoms with Crippen LogP contribution in [0.1, 0.15) is 6.42 Å². The molecule has 1 aliphatic heterocycles. The molecule has 0 spiro atoms. The molecule has 3 rings (SSSR count). The van der Waals surface area contributed by atoms with Gasteiger partial charge in [0.1, 0.15) is 0 Å². The molecule has 5 nitrogen and oxygen atoms in total. The molecule has 1 aliphatic rings. The summed E-state index contributed by atoms with van der Waals surface area (Å²) in [5.41, 5.74) is 1.86. The van der Waals surface area contributed by atoms with E-state index in [4.69, 9.17) is 4.98 Å². The average molecular weight is 294 g/mol. The van der Waals surface area contributed by atoms with E-state index in [1.165, 1.54) is 0 Å². The van der Waals surface area contributed by atoms with Gasteiger partial charge in [0.15, 0.2) is 11.6 Å². The van der Waals surface area contributed by atoms with Crippen molar-refractivity contribution >= 4 is 35.1 Å². The largest absolute Gasteiger partial charge is 0.370 e. The van der Waals surface area contributed by atoms with Crippen molar-refractivity contribution in [3.63, 3.8) is 0 Å². The Bertz CT molecular complexity index is 583. The molecule has 108 valence electrons. The van der Waals surface area contributed by atoms with E-state index in [9.17, 15) is 0 Å². The average Bonchev–Trinajstić information content (AvgIpc) is 2.99. The topological polar surface area (TPSA) is 53.1 Å². The van der Waals surface area contributed by atoms with Crippen molar-refractivity contribution in [1.82, 2.24) is 15.3 Å². The van der Waals surface area contributed by atoms with E-state index >= 15 is 0 Å². The lowest BCUT2D eigenvalue weighted by Crippen LogP contribution is -2.34. The van der Waals surface area contributed by atoms with Crippen LogP contribution in [0, 0.1) is 0 Å². The van der Waals surface area contributed by atoms with E-state index in [-0.39, 0.29) is 12.4 Å². The summed E-state index contributed by atoms with van der Waals surface area (Å²) >= 11 is 0. The monoisotopic (exact) mass is 293 g/mol. The van der Waals surface area contributed by atoms with Crippen LogP contribution in [0.2, 0.25) is 0 Å². The van der Waals surface area contributed by atoms with Gasteiger partial charge < -0.3 is 15.5 Å². The van der Waals surface area contributed by atoms with E-state index in [0.29, 0.717) is 6.04 Å². The fraction of sp³-hybridized carbons (Fsp3) is 0.429. The second-order valence-corrected chi connectivity index (χ2v) is 4.89. The van der Waals surface area contributed by atoms with Gasteiger partial charge in [-0.15, -0.1) is 12.4 Å². The van der Waals surface area contributed by atoms with E-state index in [0.717, 1.165) is 42.2 Å². The molecule has 0 amide bonds. The molecule has 20 heavy (non-hydrogen) atoms. The van der Waals surface area contributed by atoms with Crippen molar-refractivity contribution in [1.29, 1.82) is 0 Å². The summed E-state index contributed by atoms with van der Waals surface area (Å²) in [6.45, 7) is 2.08. The standard InChI is InChI=1S/C14H19N5.ClH/c1-15-13-14(19(2)10-7-8-16-9-10)18-12-6-4-3-5-11(12)17-13;/h3-6,10,16H,7-9H2,1-2H3,(H,15,17);1H. The van der Waals surface area contributed by atoms with Crippen LogP contribution in [0.25, 0.3) is 11.0 Å². The fourth-order valence-electron chi connectivity index (χ4n) is 2.55. The molecular formula is C14H20ClN5. The number of benzene rings is 1. The van der Waals surface area contributed by atoms with Crippen molar-refractivity contribution < 1.29 is 0 Å². The van der Waals surface area contributed by atoms with E-state index in [1.54, 1.807) is 0 Å². The van der Waals surface area contributed by atoms with Crippen LogP contribution in [0.3, 0.4) is 0 Å². The molecule has 1 aromatic carbocycles. The first-order valence-electron chi connectivity index (χ1n) is 6.67. The minimum Gasteiger partial charge on any atom is -0.370 e. The quantitative estimate of drug-likeness (QED) is 0.905. The van der Waals surface area contributed by atoms with Gasteiger partial charge >= 0.3 is 0 Å². The van der Waals surface area contributed by atoms with Gasteiger partial charge in [-0.2, -0.15) is 0 Å². The number of halogens is 1. The van der Waals surface area contributed by atoms with Crippen LogP contribution in [0.4, 0.5) is 11.6 Å². The molecule has 0 radical (unpaired) electrons. The van der Waals surface area contributed by atoms with E-state index < -0.39 is 0 Å². The number of nitrogens with one attached hydrogen (secondary N) is 2. The van der Waals surface area contributed by atoms with Crippen LogP contribution in [-0.2, 0) is 0 Å². The van der Waals surface area contributed by atoms with E-state index in [2.05, 4.69) is 27.6 Å². The Kier molecular flexibility index (Phi) is 4.62. The van der Waals surface area contributed by atoms with Gasteiger partial charge in [-0.3, -0.25) is 0 Å². The first-order chi connectivity index (χ1) is 9.29. The summed E-state index contributed by atoms with van der Waals surface area (Å²) in [6.07, 6.45) is 1.15. The van der Waals surface area contributed by atoms with Crippen molar-refractivity contribution in [3.05, 3.63) is 24.3 Å². The lowest BCUT2D eigenvalue weighted by Gasteiger charge is -2.26. The summed E-state index contributed by atoms with van der Waals surface area (Å²) in [5.74, 6) is 1.77. The third-order valence-corrected chi connectivity index (χ3v) is 3.71. The van der Waals surface area contributed by atoms with Crippen LogP contribution >= 0.6 is 12.4 Å². The fourth-order valence-corrected chi connectivity index (χ4v) is 2.55. The lowest BCUT2D eigenvalue weighted by molar-refractivity contribution is 0.678. The van der Waals surface area contributed by atoms with Gasteiger partial charge in [-0.05, 0) is 25.1 Å². The first kappa shape index (κ1) is 14.8. The van der Waals surface area contributed by atoms with Crippen LogP contribution in [0.15, 0.2) is 24.3 Å². The molecule has 0 saturated carbocycles. The number of aromatic nitrogens is 2. The summed E-state index contributed by atoms with van der Waals surface area (Å²) in [6, 6.07) is 8.47. The van der Waals surface area contributed by atoms with Gasteiger partial charge in [0.05, 0.1) is 11.0 Å². The molecule has 1 aromatic heterocycles. The third-order valence-electron chi connectivity index (χ3n) is 3.71. The Morgan fingerprint density at radius 1 is 1.25 bits per heavy atom. The maximum absolute atomic E-state index is 4.76. The molecule has 1 atom stereocenters. The predicted octanol–water partition coefficient (Wildman–Crippen LogP) is 1.89. The zero-order valence-electron chi connectivity index (χ0n) is 11.8. The highest BCUT2D eigenvalue weighted by atomic mass is 35.5. The van der Waals surface area contributed by atoms with Crippen LogP contribution < -0.4 is 15.5 Å². The Balaban J connectivity index is 0.00000147. The van der Waals surface area contributed by atoms with Crippen LogP contribution in [0.5, 0.6) is 0 Å². The summed E-state index contributed by atoms with van der Waals surface area (Å²) in [7, 11) is 3.99. The number of fused-ring (bicyclic) bond motifs is 1. The van der Waals surface area contributed by atoms with Gasteiger partial charge in [0, 0.05) is 26.7 Å². The molecule has 1 fully saturated rings. The summed E-state index contributed by atoms with van der Waals surface area (Å²) in [5, 5.41) is 6.54. The summed E-state index contributed by atoms with van der Waals surface area (Å²) < 4.78 is 0. The van der Waals surface area contributed by atoms with Crippen LogP contribution in [-0.4, -0.2) is 43.2 Å². The number of likely N-dealkylation sites (N-methyl/N-ethyl adjacent to an activating group) is 1. The van der Waals surface area contributed by atoms with Gasteiger partial charge in [0.2, 0.25) is 0 Å². The first-order valence-corrected chi connectivity index (χ1v) is 6.67.